The fourth-order valence-electron chi connectivity index (χ4n) is 1.42. The number of rotatable bonds is 6. The number of aliphatic hydroxyl groups is 1. The van der Waals surface area contributed by atoms with Crippen molar-refractivity contribution in [3.8, 4) is 0 Å². The molecule has 4 heteroatoms. The molecular formula is C10H20N2O2. The number of nitrogens with one attached hydrogen (secondary N) is 2. The summed E-state index contributed by atoms with van der Waals surface area (Å²) in [5, 5.41) is 14.9. The van der Waals surface area contributed by atoms with Crippen LogP contribution in [0.25, 0.3) is 0 Å². The Bertz CT molecular complexity index is 202. The molecule has 82 valence electrons. The van der Waals surface area contributed by atoms with Gasteiger partial charge >= 0.3 is 0 Å². The van der Waals surface area contributed by atoms with Crippen molar-refractivity contribution in [1.29, 1.82) is 0 Å². The zero-order valence-corrected chi connectivity index (χ0v) is 8.97. The van der Waals surface area contributed by atoms with Crippen molar-refractivity contribution in [1.82, 2.24) is 10.6 Å². The number of hydrogen-bond donors (Lipinski definition) is 3. The van der Waals surface area contributed by atoms with E-state index in [2.05, 4.69) is 10.6 Å². The number of amides is 1. The first-order chi connectivity index (χ1) is 6.63. The molecule has 0 aliphatic heterocycles. The average Bonchev–Trinajstić information content (AvgIpc) is 2.95. The minimum Gasteiger partial charge on any atom is -0.396 e. The lowest BCUT2D eigenvalue weighted by molar-refractivity contribution is -0.124. The van der Waals surface area contributed by atoms with E-state index in [1.807, 2.05) is 14.0 Å². The Morgan fingerprint density at radius 3 is 2.64 bits per heavy atom. The Labute approximate surface area is 85.1 Å². The molecule has 0 bridgehead atoms. The first-order valence-electron chi connectivity index (χ1n) is 5.17. The van der Waals surface area contributed by atoms with E-state index in [4.69, 9.17) is 5.11 Å². The lowest BCUT2D eigenvalue weighted by Gasteiger charge is -2.15. The van der Waals surface area contributed by atoms with Gasteiger partial charge in [0.1, 0.15) is 0 Å². The topological polar surface area (TPSA) is 61.4 Å². The van der Waals surface area contributed by atoms with E-state index in [1.54, 1.807) is 0 Å². The van der Waals surface area contributed by atoms with Crippen LogP contribution in [0.5, 0.6) is 0 Å². The van der Waals surface area contributed by atoms with Gasteiger partial charge in [-0.1, -0.05) is 6.92 Å². The molecule has 4 nitrogen and oxygen atoms in total. The van der Waals surface area contributed by atoms with Gasteiger partial charge in [-0.05, 0) is 19.9 Å². The highest BCUT2D eigenvalue weighted by atomic mass is 16.3. The molecule has 1 aliphatic carbocycles. The highest BCUT2D eigenvalue weighted by Crippen LogP contribution is 2.44. The molecule has 3 N–H and O–H groups in total. The van der Waals surface area contributed by atoms with Crippen LogP contribution in [0.3, 0.4) is 0 Å². The summed E-state index contributed by atoms with van der Waals surface area (Å²) in [4.78, 5) is 11.5. The minimum absolute atomic E-state index is 0.00510. The highest BCUT2D eigenvalue weighted by molar-refractivity contribution is 5.78. The van der Waals surface area contributed by atoms with Gasteiger partial charge < -0.3 is 15.7 Å². The minimum atomic E-state index is -0.00510. The van der Waals surface area contributed by atoms with Crippen LogP contribution < -0.4 is 10.6 Å². The molecule has 1 amide bonds. The predicted octanol–water partition coefficient (Wildman–Crippen LogP) is -0.269. The maximum absolute atomic E-state index is 11.5. The molecule has 0 spiro atoms. The van der Waals surface area contributed by atoms with E-state index in [0.29, 0.717) is 13.1 Å². The van der Waals surface area contributed by atoms with Gasteiger partial charge in [-0.15, -0.1) is 0 Å². The van der Waals surface area contributed by atoms with Crippen LogP contribution in [0.2, 0.25) is 0 Å². The van der Waals surface area contributed by atoms with Crippen LogP contribution in [-0.4, -0.2) is 37.8 Å². The second-order valence-electron chi connectivity index (χ2n) is 4.33. The van der Waals surface area contributed by atoms with Crippen LogP contribution in [-0.2, 0) is 4.79 Å². The molecule has 1 saturated carbocycles. The molecule has 0 saturated heterocycles. The molecule has 14 heavy (non-hydrogen) atoms. The van der Waals surface area contributed by atoms with Crippen molar-refractivity contribution in [3.05, 3.63) is 0 Å². The number of hydrogen-bond acceptors (Lipinski definition) is 3. The van der Waals surface area contributed by atoms with Crippen molar-refractivity contribution >= 4 is 5.91 Å². The summed E-state index contributed by atoms with van der Waals surface area (Å²) in [5.41, 5.74) is 0.00895. The van der Waals surface area contributed by atoms with Crippen LogP contribution in [0.4, 0.5) is 0 Å². The number of aliphatic hydroxyl groups excluding tert-OH is 1. The Morgan fingerprint density at radius 1 is 1.57 bits per heavy atom. The van der Waals surface area contributed by atoms with Gasteiger partial charge in [-0.25, -0.2) is 0 Å². The molecule has 0 aromatic carbocycles. The summed E-state index contributed by atoms with van der Waals surface area (Å²) >= 11 is 0. The van der Waals surface area contributed by atoms with Crippen molar-refractivity contribution in [2.24, 2.45) is 11.3 Å². The fraction of sp³-hybridized carbons (Fsp3) is 0.900. The lowest BCUT2D eigenvalue weighted by Crippen LogP contribution is -2.38. The third kappa shape index (κ3) is 2.96. The Morgan fingerprint density at radius 2 is 2.21 bits per heavy atom. The van der Waals surface area contributed by atoms with Gasteiger partial charge in [0.2, 0.25) is 5.91 Å². The molecule has 0 heterocycles. The summed E-state index contributed by atoms with van der Waals surface area (Å²) < 4.78 is 0. The summed E-state index contributed by atoms with van der Waals surface area (Å²) in [6.45, 7) is 3.40. The van der Waals surface area contributed by atoms with Gasteiger partial charge in [0.05, 0.1) is 6.61 Å². The van der Waals surface area contributed by atoms with E-state index in [-0.39, 0.29) is 23.8 Å². The van der Waals surface area contributed by atoms with Crippen molar-refractivity contribution in [2.45, 2.75) is 19.8 Å². The first kappa shape index (κ1) is 11.5. The number of carbonyl (C=O) groups excluding carboxylic acids is 1. The number of carbonyl (C=O) groups is 1. The second-order valence-corrected chi connectivity index (χ2v) is 4.33. The summed E-state index contributed by atoms with van der Waals surface area (Å²) in [6.07, 6.45) is 2.06. The monoisotopic (exact) mass is 200 g/mol. The van der Waals surface area contributed by atoms with Gasteiger partial charge in [-0.3, -0.25) is 4.79 Å². The van der Waals surface area contributed by atoms with E-state index in [9.17, 15) is 4.79 Å². The Balaban J connectivity index is 2.20. The highest BCUT2D eigenvalue weighted by Gasteiger charge is 2.42. The SMILES string of the molecule is CNCC(C)C(=O)NCC1(CO)CC1. The largest absolute Gasteiger partial charge is 0.396 e. The fourth-order valence-corrected chi connectivity index (χ4v) is 1.42. The van der Waals surface area contributed by atoms with Crippen molar-refractivity contribution in [3.63, 3.8) is 0 Å². The molecular weight excluding hydrogens is 180 g/mol. The quantitative estimate of drug-likeness (QED) is 0.553. The smallest absolute Gasteiger partial charge is 0.224 e. The molecule has 0 aromatic rings. The molecule has 1 rings (SSSR count). The van der Waals surface area contributed by atoms with E-state index < -0.39 is 0 Å². The average molecular weight is 200 g/mol. The maximum Gasteiger partial charge on any atom is 0.224 e. The molecule has 0 radical (unpaired) electrons. The van der Waals surface area contributed by atoms with E-state index in [0.717, 1.165) is 12.8 Å². The summed E-state index contributed by atoms with van der Waals surface area (Å²) in [6, 6.07) is 0. The zero-order valence-electron chi connectivity index (χ0n) is 8.97. The lowest BCUT2D eigenvalue weighted by atomic mass is 10.1. The van der Waals surface area contributed by atoms with Crippen molar-refractivity contribution < 1.29 is 9.90 Å². The third-order valence-electron chi connectivity index (χ3n) is 2.89. The van der Waals surface area contributed by atoms with E-state index in [1.165, 1.54) is 0 Å². The maximum atomic E-state index is 11.5. The van der Waals surface area contributed by atoms with Gasteiger partial charge in [0, 0.05) is 24.4 Å². The second kappa shape index (κ2) is 4.75. The van der Waals surface area contributed by atoms with Gasteiger partial charge in [0.25, 0.3) is 0 Å². The zero-order chi connectivity index (χ0) is 10.6. The normalized spacial score (nSPS) is 20.2. The molecule has 0 aromatic heterocycles. The van der Waals surface area contributed by atoms with E-state index >= 15 is 0 Å². The first-order valence-corrected chi connectivity index (χ1v) is 5.17. The van der Waals surface area contributed by atoms with Crippen LogP contribution in [0.1, 0.15) is 19.8 Å². The summed E-state index contributed by atoms with van der Waals surface area (Å²) in [7, 11) is 1.83. The molecule has 1 aliphatic rings. The molecule has 1 unspecified atom stereocenters. The third-order valence-corrected chi connectivity index (χ3v) is 2.89. The van der Waals surface area contributed by atoms with Crippen LogP contribution in [0.15, 0.2) is 0 Å². The van der Waals surface area contributed by atoms with Crippen LogP contribution in [0, 0.1) is 11.3 Å². The van der Waals surface area contributed by atoms with Crippen LogP contribution >= 0.6 is 0 Å². The Kier molecular flexibility index (Phi) is 3.89. The van der Waals surface area contributed by atoms with Gasteiger partial charge in [-0.2, -0.15) is 0 Å². The predicted molar refractivity (Wildman–Crippen MR) is 54.9 cm³/mol. The molecule has 1 fully saturated rings. The van der Waals surface area contributed by atoms with Gasteiger partial charge in [0.15, 0.2) is 0 Å². The Hall–Kier alpha value is -0.610. The molecule has 1 atom stereocenters. The standard InChI is InChI=1S/C10H20N2O2/c1-8(5-11-2)9(14)12-6-10(7-13)3-4-10/h8,11,13H,3-7H2,1-2H3,(H,12,14). The summed E-state index contributed by atoms with van der Waals surface area (Å²) in [5.74, 6) is 0.0635. The van der Waals surface area contributed by atoms with Crippen molar-refractivity contribution in [2.75, 3.05) is 26.7 Å².